The Bertz CT molecular complexity index is 3890. The van der Waals surface area contributed by atoms with E-state index in [0.29, 0.717) is 46.8 Å². The number of halogens is 3. The van der Waals surface area contributed by atoms with Gasteiger partial charge in [-0.2, -0.15) is 8.42 Å². The van der Waals surface area contributed by atoms with Crippen LogP contribution in [0.1, 0.15) is 37.4 Å². The van der Waals surface area contributed by atoms with E-state index in [1.165, 1.54) is 12.1 Å². The van der Waals surface area contributed by atoms with Crippen molar-refractivity contribution in [2.45, 2.75) is 24.9 Å². The third-order valence-electron chi connectivity index (χ3n) is 11.8. The van der Waals surface area contributed by atoms with Crippen LogP contribution in [0.25, 0.3) is 66.6 Å². The summed E-state index contributed by atoms with van der Waals surface area (Å²) in [6.07, 6.45) is 3.55. The fourth-order valence-electron chi connectivity index (χ4n) is 7.90. The minimum atomic E-state index is -4.02. The van der Waals surface area contributed by atoms with Gasteiger partial charge in [0.05, 0.1) is 88.0 Å². The molecule has 6 heterocycles. The van der Waals surface area contributed by atoms with Gasteiger partial charge in [0.25, 0.3) is 21.9 Å². The third-order valence-corrected chi connectivity index (χ3v) is 13.3. The number of carbonyl (C=O) groups excluding carboxylic acids is 2. The standard InChI is InChI=1S/2C24H19ClN6O3.C7H8O3S.BrH/c2*25-19-13-17(4-5-18(19)24(33)29-34-11-10-32)21-7-8-22-23(27-21)31(30-28-22)14-15-3-6-20-16(12-15)2-1-9-26-20;1-6-2-4-7(5-3-6)11(8,9)10;/h2*1-9,12-13,32H,10-11,14H2,(H,29,33);2-5H,1H3,(H,8,9,10);1H. The molecule has 0 fully saturated rings. The topological polar surface area (TPSA) is 284 Å². The predicted octanol–water partition coefficient (Wildman–Crippen LogP) is 8.61. The zero-order valence-electron chi connectivity index (χ0n) is 42.1. The Morgan fingerprint density at radius 3 is 1.43 bits per heavy atom. The summed E-state index contributed by atoms with van der Waals surface area (Å²) in [6, 6.07) is 43.4. The van der Waals surface area contributed by atoms with Gasteiger partial charge < -0.3 is 10.2 Å². The van der Waals surface area contributed by atoms with Crippen LogP contribution in [0.4, 0.5) is 0 Å². The lowest BCUT2D eigenvalue weighted by atomic mass is 10.1. The molecule has 80 heavy (non-hydrogen) atoms. The zero-order chi connectivity index (χ0) is 55.5. The molecule has 25 heteroatoms. The number of aromatic nitrogens is 10. The van der Waals surface area contributed by atoms with E-state index in [1.54, 1.807) is 70.3 Å². The molecule has 21 nitrogen and oxygen atoms in total. The van der Waals surface area contributed by atoms with Gasteiger partial charge in [-0.15, -0.1) is 27.2 Å². The van der Waals surface area contributed by atoms with Crippen LogP contribution in [0.3, 0.4) is 0 Å². The molecule has 6 aromatic heterocycles. The second-order valence-corrected chi connectivity index (χ2v) is 19.6. The highest BCUT2D eigenvalue weighted by Gasteiger charge is 2.17. The van der Waals surface area contributed by atoms with Crippen molar-refractivity contribution < 1.29 is 42.4 Å². The maximum atomic E-state index is 12.2. The van der Waals surface area contributed by atoms with Crippen LogP contribution < -0.4 is 11.0 Å². The smallest absolute Gasteiger partial charge is 0.294 e. The van der Waals surface area contributed by atoms with Crippen molar-refractivity contribution in [2.75, 3.05) is 26.4 Å². The molecule has 11 rings (SSSR count). The van der Waals surface area contributed by atoms with Gasteiger partial charge in [-0.1, -0.05) is 87.7 Å². The molecule has 0 radical (unpaired) electrons. The van der Waals surface area contributed by atoms with E-state index in [-0.39, 0.29) is 69.5 Å². The molecule has 0 aliphatic rings. The maximum absolute atomic E-state index is 12.2. The van der Waals surface area contributed by atoms with Crippen molar-refractivity contribution in [2.24, 2.45) is 0 Å². The van der Waals surface area contributed by atoms with Gasteiger partial charge in [-0.25, -0.2) is 30.3 Å². The summed E-state index contributed by atoms with van der Waals surface area (Å²) in [5, 5.41) is 37.1. The number of hydrogen-bond acceptors (Lipinski definition) is 16. The van der Waals surface area contributed by atoms with Gasteiger partial charge in [0, 0.05) is 34.3 Å². The van der Waals surface area contributed by atoms with Crippen molar-refractivity contribution in [1.29, 1.82) is 0 Å². The Balaban J connectivity index is 0.000000175. The number of amides is 2. The van der Waals surface area contributed by atoms with Gasteiger partial charge in [-0.05, 0) is 115 Å². The first-order valence-corrected chi connectivity index (χ1v) is 26.2. The van der Waals surface area contributed by atoms with Crippen molar-refractivity contribution in [3.05, 3.63) is 196 Å². The lowest BCUT2D eigenvalue weighted by Gasteiger charge is -2.08. The number of benzene rings is 5. The number of pyridine rings is 4. The van der Waals surface area contributed by atoms with E-state index in [0.717, 1.165) is 49.6 Å². The van der Waals surface area contributed by atoms with Crippen LogP contribution in [0.15, 0.2) is 163 Å². The molecule has 408 valence electrons. The molecule has 0 aliphatic carbocycles. The van der Waals surface area contributed by atoms with Gasteiger partial charge in [0.15, 0.2) is 11.3 Å². The number of nitrogens with one attached hydrogen (secondary N) is 2. The Labute approximate surface area is 476 Å². The number of aryl methyl sites for hydroxylation is 1. The van der Waals surface area contributed by atoms with Crippen LogP contribution in [0.5, 0.6) is 0 Å². The number of fused-ring (bicyclic) bond motifs is 4. The maximum Gasteiger partial charge on any atom is 0.294 e. The molecule has 0 unspecified atom stereocenters. The number of aliphatic hydroxyl groups is 2. The van der Waals surface area contributed by atoms with Gasteiger partial charge in [-0.3, -0.25) is 33.8 Å². The minimum absolute atomic E-state index is 0. The fraction of sp³-hybridized carbons (Fsp3) is 0.127. The predicted molar refractivity (Wildman–Crippen MR) is 306 cm³/mol. The molecule has 0 saturated carbocycles. The highest BCUT2D eigenvalue weighted by atomic mass is 79.9. The second kappa shape index (κ2) is 26.6. The molecule has 2 amide bonds. The first-order chi connectivity index (χ1) is 38.2. The first kappa shape index (κ1) is 57.9. The summed E-state index contributed by atoms with van der Waals surface area (Å²) >= 11 is 12.7. The van der Waals surface area contributed by atoms with Crippen LogP contribution in [-0.2, 0) is 32.9 Å². The highest BCUT2D eigenvalue weighted by molar-refractivity contribution is 8.93. The van der Waals surface area contributed by atoms with Crippen LogP contribution in [0.2, 0.25) is 10.0 Å². The molecule has 11 aromatic rings. The van der Waals surface area contributed by atoms with E-state index in [9.17, 15) is 18.0 Å². The number of carbonyl (C=O) groups is 2. The van der Waals surface area contributed by atoms with Crippen molar-refractivity contribution >= 4 is 106 Å². The number of nitrogens with zero attached hydrogens (tertiary/aromatic N) is 10. The summed E-state index contributed by atoms with van der Waals surface area (Å²) in [4.78, 5) is 52.2. The summed E-state index contributed by atoms with van der Waals surface area (Å²) in [7, 11) is -4.02. The van der Waals surface area contributed by atoms with Gasteiger partial charge in [0.2, 0.25) is 0 Å². The monoisotopic (exact) mass is 1200 g/mol. The Morgan fingerprint density at radius 2 is 1.01 bits per heavy atom. The van der Waals surface area contributed by atoms with Gasteiger partial charge in [0.1, 0.15) is 11.0 Å². The molecule has 0 spiro atoms. The van der Waals surface area contributed by atoms with E-state index in [4.69, 9.17) is 57.6 Å². The lowest BCUT2D eigenvalue weighted by molar-refractivity contribution is 0.0166. The van der Waals surface area contributed by atoms with Gasteiger partial charge >= 0.3 is 0 Å². The van der Waals surface area contributed by atoms with E-state index < -0.39 is 21.9 Å². The minimum Gasteiger partial charge on any atom is -0.394 e. The average molecular weight is 1200 g/mol. The molecule has 0 bridgehead atoms. The fourth-order valence-corrected chi connectivity index (χ4v) is 8.91. The third kappa shape index (κ3) is 14.3. The summed E-state index contributed by atoms with van der Waals surface area (Å²) in [6.45, 7) is 2.42. The van der Waals surface area contributed by atoms with Crippen LogP contribution in [0, 0.1) is 6.92 Å². The van der Waals surface area contributed by atoms with Crippen LogP contribution in [-0.4, -0.2) is 111 Å². The Hall–Kier alpha value is -8.23. The summed E-state index contributed by atoms with van der Waals surface area (Å²) in [5.74, 6) is -0.998. The lowest BCUT2D eigenvalue weighted by Crippen LogP contribution is -2.25. The van der Waals surface area contributed by atoms with Crippen molar-refractivity contribution in [3.8, 4) is 22.5 Å². The molecule has 0 aliphatic heterocycles. The first-order valence-electron chi connectivity index (χ1n) is 24.0. The molecular weight excluding hydrogens is 1160 g/mol. The van der Waals surface area contributed by atoms with Crippen molar-refractivity contribution in [1.82, 2.24) is 60.9 Å². The average Bonchev–Trinajstić information content (AvgIpc) is 4.06. The number of rotatable bonds is 15. The molecule has 5 N–H and O–H groups in total. The Kier molecular flexibility index (Phi) is 19.3. The van der Waals surface area contributed by atoms with E-state index in [2.05, 4.69) is 53.7 Å². The molecule has 0 atom stereocenters. The Morgan fingerprint density at radius 1 is 0.575 bits per heavy atom. The van der Waals surface area contributed by atoms with E-state index in [1.807, 2.05) is 79.7 Å². The van der Waals surface area contributed by atoms with Crippen molar-refractivity contribution in [3.63, 3.8) is 0 Å². The quantitative estimate of drug-likeness (QED) is 0.0365. The molecule has 0 saturated heterocycles. The SMILES string of the molecule is Br.Cc1ccc(S(=O)(=O)O)cc1.O=C(NOCCO)c1ccc(-c2ccc3nnn(Cc4ccc5ncccc5c4)c3n2)cc1Cl.O=C(NOCCO)c1ccc(-c2ccc3nnn(Cc4ccc5ncccc5c4)c3n2)cc1Cl. The number of hydrogen-bond donors (Lipinski definition) is 5. The molecule has 5 aromatic carbocycles. The number of aliphatic hydroxyl groups excluding tert-OH is 2. The molecular formula is C55H47BrCl2N12O9S. The van der Waals surface area contributed by atoms with Crippen LogP contribution >= 0.6 is 40.2 Å². The highest BCUT2D eigenvalue weighted by Crippen LogP contribution is 2.28. The largest absolute Gasteiger partial charge is 0.394 e. The summed E-state index contributed by atoms with van der Waals surface area (Å²) in [5.41, 5.74) is 15.4. The number of hydroxylamine groups is 2. The zero-order valence-corrected chi connectivity index (χ0v) is 46.1. The summed E-state index contributed by atoms with van der Waals surface area (Å²) < 4.78 is 33.0. The second-order valence-electron chi connectivity index (χ2n) is 17.3. The van der Waals surface area contributed by atoms with E-state index >= 15 is 0 Å². The normalized spacial score (nSPS) is 11.1.